The second kappa shape index (κ2) is 4.77. The van der Waals surface area contributed by atoms with Gasteiger partial charge in [0.25, 0.3) is 0 Å². The van der Waals surface area contributed by atoms with Crippen molar-refractivity contribution in [3.05, 3.63) is 30.0 Å². The van der Waals surface area contributed by atoms with Gasteiger partial charge in [-0.2, -0.15) is 4.28 Å². The number of hydroxylamine groups is 1. The van der Waals surface area contributed by atoms with Crippen LogP contribution in [0.2, 0.25) is 0 Å². The first kappa shape index (κ1) is 12.6. The molecule has 0 saturated carbocycles. The molecule has 7 nitrogen and oxygen atoms in total. The van der Waals surface area contributed by atoms with Crippen LogP contribution in [0.3, 0.4) is 0 Å². The summed E-state index contributed by atoms with van der Waals surface area (Å²) < 4.78 is 25.2. The van der Waals surface area contributed by atoms with Crippen molar-refractivity contribution >= 4 is 33.9 Å². The minimum atomic E-state index is -2.66. The first-order chi connectivity index (χ1) is 8.47. The Hall–Kier alpha value is -1.90. The van der Waals surface area contributed by atoms with Crippen LogP contribution < -0.4 is 5.06 Å². The van der Waals surface area contributed by atoms with Crippen molar-refractivity contribution in [2.45, 2.75) is 0 Å². The standard InChI is InChI=1S/C10H10N2O5S/c1-12(17-18(15)16)7-3-2-6-4-9(10(13)14)11-8(6)5-7/h2-5,11H,1H3,(H,13,14)(H,15,16)/p-1. The summed E-state index contributed by atoms with van der Waals surface area (Å²) in [5.41, 5.74) is 1.13. The van der Waals surface area contributed by atoms with Crippen LogP contribution in [-0.4, -0.2) is 31.9 Å². The average Bonchev–Trinajstić information content (AvgIpc) is 2.70. The molecule has 1 atom stereocenters. The zero-order valence-corrected chi connectivity index (χ0v) is 10.1. The van der Waals surface area contributed by atoms with Gasteiger partial charge >= 0.3 is 5.97 Å². The Labute approximate surface area is 104 Å². The third-order valence-electron chi connectivity index (χ3n) is 2.37. The molecule has 18 heavy (non-hydrogen) atoms. The van der Waals surface area contributed by atoms with Gasteiger partial charge in [0.1, 0.15) is 17.1 Å². The van der Waals surface area contributed by atoms with E-state index in [9.17, 15) is 13.6 Å². The maximum absolute atomic E-state index is 10.8. The van der Waals surface area contributed by atoms with Crippen molar-refractivity contribution in [2.24, 2.45) is 0 Å². The van der Waals surface area contributed by atoms with Crippen molar-refractivity contribution in [3.63, 3.8) is 0 Å². The Balaban J connectivity index is 2.37. The van der Waals surface area contributed by atoms with Gasteiger partial charge in [0.2, 0.25) is 0 Å². The molecule has 1 aromatic heterocycles. The van der Waals surface area contributed by atoms with Crippen LogP contribution in [0.4, 0.5) is 5.69 Å². The van der Waals surface area contributed by atoms with E-state index in [-0.39, 0.29) is 5.69 Å². The van der Waals surface area contributed by atoms with E-state index in [4.69, 9.17) is 5.11 Å². The number of carbonyl (C=O) groups is 1. The van der Waals surface area contributed by atoms with Crippen LogP contribution in [-0.2, 0) is 15.6 Å². The molecule has 96 valence electrons. The molecule has 0 bridgehead atoms. The number of carboxylic acid groups (broad SMARTS) is 1. The fourth-order valence-corrected chi connectivity index (χ4v) is 1.83. The zero-order valence-electron chi connectivity index (χ0n) is 9.25. The molecule has 1 heterocycles. The molecule has 0 amide bonds. The Morgan fingerprint density at radius 2 is 2.22 bits per heavy atom. The number of hydrogen-bond donors (Lipinski definition) is 2. The summed E-state index contributed by atoms with van der Waals surface area (Å²) in [6.07, 6.45) is 0. The summed E-state index contributed by atoms with van der Waals surface area (Å²) in [5, 5.41) is 10.6. The predicted molar refractivity (Wildman–Crippen MR) is 63.7 cm³/mol. The summed E-state index contributed by atoms with van der Waals surface area (Å²) in [6, 6.07) is 6.37. The van der Waals surface area contributed by atoms with Crippen LogP contribution in [0.25, 0.3) is 10.9 Å². The van der Waals surface area contributed by atoms with Crippen LogP contribution >= 0.6 is 0 Å². The quantitative estimate of drug-likeness (QED) is 0.634. The summed E-state index contributed by atoms with van der Waals surface area (Å²) in [6.45, 7) is 0. The number of benzene rings is 1. The van der Waals surface area contributed by atoms with E-state index in [1.54, 1.807) is 18.2 Å². The number of nitrogens with one attached hydrogen (secondary N) is 1. The molecule has 0 saturated heterocycles. The van der Waals surface area contributed by atoms with Crippen molar-refractivity contribution in [3.8, 4) is 0 Å². The van der Waals surface area contributed by atoms with Gasteiger partial charge in [-0.05, 0) is 18.2 Å². The average molecular weight is 269 g/mol. The van der Waals surface area contributed by atoms with Crippen LogP contribution in [0.5, 0.6) is 0 Å². The number of nitrogens with zero attached hydrogens (tertiary/aromatic N) is 1. The number of aromatic carboxylic acids is 1. The highest BCUT2D eigenvalue weighted by Gasteiger charge is 2.09. The number of fused-ring (bicyclic) bond motifs is 1. The summed E-state index contributed by atoms with van der Waals surface area (Å²) in [5.74, 6) is -1.06. The van der Waals surface area contributed by atoms with Gasteiger partial charge < -0.3 is 14.6 Å². The van der Waals surface area contributed by atoms with E-state index < -0.39 is 17.3 Å². The van der Waals surface area contributed by atoms with E-state index in [0.29, 0.717) is 16.6 Å². The second-order valence-electron chi connectivity index (χ2n) is 3.54. The van der Waals surface area contributed by atoms with E-state index >= 15 is 0 Å². The topological polar surface area (TPSA) is 106 Å². The fraction of sp³-hybridized carbons (Fsp3) is 0.100. The molecule has 2 aromatic rings. The van der Waals surface area contributed by atoms with Crippen LogP contribution in [0.1, 0.15) is 10.5 Å². The maximum atomic E-state index is 10.8. The molecular weight excluding hydrogens is 260 g/mol. The largest absolute Gasteiger partial charge is 0.748 e. The smallest absolute Gasteiger partial charge is 0.352 e. The van der Waals surface area contributed by atoms with Gasteiger partial charge in [0.15, 0.2) is 0 Å². The highest BCUT2D eigenvalue weighted by Crippen LogP contribution is 2.22. The summed E-state index contributed by atoms with van der Waals surface area (Å²) in [7, 11) is 1.43. The van der Waals surface area contributed by atoms with E-state index in [1.807, 2.05) is 0 Å². The molecule has 0 aliphatic heterocycles. The number of H-pyrrole nitrogens is 1. The summed E-state index contributed by atoms with van der Waals surface area (Å²) in [4.78, 5) is 13.5. The molecule has 1 aromatic carbocycles. The monoisotopic (exact) mass is 269 g/mol. The SMILES string of the molecule is CN(OS(=O)[O-])c1ccc2cc(C(=O)O)[nH]c2c1. The molecule has 8 heteroatoms. The van der Waals surface area contributed by atoms with Gasteiger partial charge in [-0.1, -0.05) is 6.07 Å². The van der Waals surface area contributed by atoms with Gasteiger partial charge in [0, 0.05) is 18.0 Å². The molecule has 1 unspecified atom stereocenters. The van der Waals surface area contributed by atoms with Gasteiger partial charge in [-0.3, -0.25) is 0 Å². The molecule has 0 spiro atoms. The molecule has 0 aliphatic rings. The molecule has 0 fully saturated rings. The Kier molecular flexibility index (Phi) is 3.32. The van der Waals surface area contributed by atoms with Crippen LogP contribution in [0.15, 0.2) is 24.3 Å². The molecule has 2 N–H and O–H groups in total. The number of anilines is 1. The van der Waals surface area contributed by atoms with Crippen molar-refractivity contribution in [2.75, 3.05) is 12.1 Å². The lowest BCUT2D eigenvalue weighted by Gasteiger charge is -2.18. The minimum absolute atomic E-state index is 0.0677. The number of carboxylic acids is 1. The van der Waals surface area contributed by atoms with Gasteiger partial charge in [-0.15, -0.1) is 0 Å². The predicted octanol–water partition coefficient (Wildman–Crippen LogP) is 1.03. The lowest BCUT2D eigenvalue weighted by atomic mass is 10.2. The maximum Gasteiger partial charge on any atom is 0.352 e. The second-order valence-corrected chi connectivity index (χ2v) is 4.09. The van der Waals surface area contributed by atoms with Crippen molar-refractivity contribution in [1.82, 2.24) is 4.98 Å². The first-order valence-electron chi connectivity index (χ1n) is 4.85. The molecule has 2 rings (SSSR count). The van der Waals surface area contributed by atoms with E-state index in [0.717, 1.165) is 5.06 Å². The molecule has 0 radical (unpaired) electrons. The van der Waals surface area contributed by atoms with Gasteiger partial charge in [-0.25, -0.2) is 14.1 Å². The van der Waals surface area contributed by atoms with Gasteiger partial charge in [0.05, 0.1) is 5.69 Å². The minimum Gasteiger partial charge on any atom is -0.748 e. The van der Waals surface area contributed by atoms with Crippen molar-refractivity contribution < 1.29 is 22.9 Å². The third-order valence-corrected chi connectivity index (χ3v) is 2.72. The normalized spacial score (nSPS) is 12.6. The number of hydrogen-bond acceptors (Lipinski definition) is 5. The highest BCUT2D eigenvalue weighted by molar-refractivity contribution is 7.74. The number of aromatic nitrogens is 1. The lowest BCUT2D eigenvalue weighted by molar-refractivity contribution is 0.0691. The highest BCUT2D eigenvalue weighted by atomic mass is 32.2. The Bertz CT molecular complexity index is 624. The van der Waals surface area contributed by atoms with E-state index in [2.05, 4.69) is 9.27 Å². The Morgan fingerprint density at radius 1 is 1.50 bits per heavy atom. The lowest BCUT2D eigenvalue weighted by Crippen LogP contribution is -2.18. The van der Waals surface area contributed by atoms with Crippen molar-refractivity contribution in [1.29, 1.82) is 0 Å². The Morgan fingerprint density at radius 3 is 2.83 bits per heavy atom. The summed E-state index contributed by atoms with van der Waals surface area (Å²) >= 11 is -2.66. The number of rotatable bonds is 4. The molecular formula is C10H9N2O5S-. The fourth-order valence-electron chi connectivity index (χ4n) is 1.56. The number of aromatic amines is 1. The zero-order chi connectivity index (χ0) is 13.3. The van der Waals surface area contributed by atoms with Crippen LogP contribution in [0, 0.1) is 0 Å². The first-order valence-corrected chi connectivity index (χ1v) is 5.85. The van der Waals surface area contributed by atoms with E-state index in [1.165, 1.54) is 13.1 Å². The molecule has 0 aliphatic carbocycles. The third kappa shape index (κ3) is 2.50.